The van der Waals surface area contributed by atoms with E-state index in [-0.39, 0.29) is 6.03 Å². The number of hydrogen-bond acceptors (Lipinski definition) is 2. The second-order valence-corrected chi connectivity index (χ2v) is 6.58. The van der Waals surface area contributed by atoms with Gasteiger partial charge in [0, 0.05) is 26.2 Å². The van der Waals surface area contributed by atoms with Gasteiger partial charge in [-0.1, -0.05) is 25.7 Å². The van der Waals surface area contributed by atoms with E-state index in [9.17, 15) is 14.7 Å². The zero-order chi connectivity index (χ0) is 14.8. The molecule has 1 saturated heterocycles. The Morgan fingerprint density at radius 2 is 1.80 bits per heavy atom. The van der Waals surface area contributed by atoms with Gasteiger partial charge in [0.2, 0.25) is 0 Å². The summed E-state index contributed by atoms with van der Waals surface area (Å²) in [7, 11) is 1.87. The molecule has 2 fully saturated rings. The summed E-state index contributed by atoms with van der Waals surface area (Å²) in [5.41, 5.74) is -0.778. The van der Waals surface area contributed by atoms with Crippen molar-refractivity contribution >= 4 is 12.0 Å². The second-order valence-electron chi connectivity index (χ2n) is 6.58. The maximum atomic E-state index is 12.5. The summed E-state index contributed by atoms with van der Waals surface area (Å²) in [5.74, 6) is -0.801. The van der Waals surface area contributed by atoms with E-state index < -0.39 is 11.4 Å². The largest absolute Gasteiger partial charge is 0.481 e. The van der Waals surface area contributed by atoms with Crippen LogP contribution in [0.4, 0.5) is 4.79 Å². The Morgan fingerprint density at radius 3 is 2.30 bits per heavy atom. The average molecular weight is 282 g/mol. The normalized spacial score (nSPS) is 28.2. The molecule has 0 aromatic carbocycles. The van der Waals surface area contributed by atoms with Gasteiger partial charge < -0.3 is 14.9 Å². The van der Waals surface area contributed by atoms with E-state index in [4.69, 9.17) is 0 Å². The quantitative estimate of drug-likeness (QED) is 0.792. The minimum absolute atomic E-state index is 0.00174. The van der Waals surface area contributed by atoms with Crippen molar-refractivity contribution in [2.45, 2.75) is 57.9 Å². The molecule has 5 heteroatoms. The van der Waals surface area contributed by atoms with E-state index in [0.29, 0.717) is 25.6 Å². The average Bonchev–Trinajstić information content (AvgIpc) is 2.65. The molecule has 114 valence electrons. The molecule has 2 amide bonds. The maximum Gasteiger partial charge on any atom is 0.320 e. The first-order valence-corrected chi connectivity index (χ1v) is 7.69. The van der Waals surface area contributed by atoms with Crippen LogP contribution in [-0.2, 0) is 4.79 Å². The van der Waals surface area contributed by atoms with Crippen molar-refractivity contribution in [2.75, 3.05) is 20.1 Å². The van der Waals surface area contributed by atoms with Gasteiger partial charge in [-0.25, -0.2) is 4.79 Å². The molecule has 2 aliphatic rings. The molecule has 20 heavy (non-hydrogen) atoms. The number of likely N-dealkylation sites (tertiary alicyclic amines) is 1. The zero-order valence-electron chi connectivity index (χ0n) is 12.6. The summed E-state index contributed by atoms with van der Waals surface area (Å²) in [5, 5.41) is 9.25. The van der Waals surface area contributed by atoms with Crippen molar-refractivity contribution in [3.8, 4) is 0 Å². The summed E-state index contributed by atoms with van der Waals surface area (Å²) in [4.78, 5) is 27.3. The minimum atomic E-state index is -0.801. The highest BCUT2D eigenvalue weighted by Gasteiger charge is 2.43. The first kappa shape index (κ1) is 15.1. The molecule has 1 heterocycles. The van der Waals surface area contributed by atoms with Gasteiger partial charge in [0.1, 0.15) is 0 Å². The molecule has 0 radical (unpaired) electrons. The first-order chi connectivity index (χ1) is 9.44. The highest BCUT2D eigenvalue weighted by molar-refractivity contribution is 5.79. The Bertz CT molecular complexity index is 377. The van der Waals surface area contributed by atoms with Crippen molar-refractivity contribution in [2.24, 2.45) is 5.41 Å². The van der Waals surface area contributed by atoms with Crippen LogP contribution in [0.25, 0.3) is 0 Å². The van der Waals surface area contributed by atoms with Crippen LogP contribution in [0.3, 0.4) is 0 Å². The third kappa shape index (κ3) is 3.07. The summed E-state index contributed by atoms with van der Waals surface area (Å²) in [6.45, 7) is 2.62. The summed E-state index contributed by atoms with van der Waals surface area (Å²) >= 11 is 0. The van der Waals surface area contributed by atoms with E-state index in [2.05, 4.69) is 0 Å². The molecular weight excluding hydrogens is 256 g/mol. The number of carboxylic acids is 1. The Morgan fingerprint density at radius 1 is 1.20 bits per heavy atom. The maximum absolute atomic E-state index is 12.5. The van der Waals surface area contributed by atoms with E-state index in [1.54, 1.807) is 11.8 Å². The molecule has 0 bridgehead atoms. The van der Waals surface area contributed by atoms with Gasteiger partial charge in [-0.05, 0) is 26.2 Å². The fourth-order valence-electron chi connectivity index (χ4n) is 3.32. The first-order valence-electron chi connectivity index (χ1n) is 7.69. The van der Waals surface area contributed by atoms with Crippen molar-refractivity contribution in [1.29, 1.82) is 0 Å². The molecule has 1 aliphatic carbocycles. The minimum Gasteiger partial charge on any atom is -0.481 e. The fraction of sp³-hybridized carbons (Fsp3) is 0.867. The van der Waals surface area contributed by atoms with Gasteiger partial charge in [-0.15, -0.1) is 0 Å². The van der Waals surface area contributed by atoms with Gasteiger partial charge in [0.25, 0.3) is 0 Å². The highest BCUT2D eigenvalue weighted by Crippen LogP contribution is 2.31. The molecule has 1 unspecified atom stereocenters. The van der Waals surface area contributed by atoms with Gasteiger partial charge >= 0.3 is 12.0 Å². The van der Waals surface area contributed by atoms with Crippen LogP contribution in [0.15, 0.2) is 0 Å². The summed E-state index contributed by atoms with van der Waals surface area (Å²) in [6, 6.07) is 0.323. The number of carboxylic acid groups (broad SMARTS) is 1. The van der Waals surface area contributed by atoms with Gasteiger partial charge in [0.05, 0.1) is 5.41 Å². The highest BCUT2D eigenvalue weighted by atomic mass is 16.4. The van der Waals surface area contributed by atoms with Crippen LogP contribution in [0.5, 0.6) is 0 Å². The molecule has 0 aromatic heterocycles. The van der Waals surface area contributed by atoms with E-state index in [1.807, 2.05) is 11.9 Å². The lowest BCUT2D eigenvalue weighted by Crippen LogP contribution is -2.46. The zero-order valence-corrected chi connectivity index (χ0v) is 12.6. The van der Waals surface area contributed by atoms with Crippen LogP contribution in [0.1, 0.15) is 51.9 Å². The van der Waals surface area contributed by atoms with Crippen LogP contribution in [0, 0.1) is 5.41 Å². The number of carbonyl (C=O) groups excluding carboxylic acids is 1. The molecule has 1 saturated carbocycles. The van der Waals surface area contributed by atoms with Gasteiger partial charge in [-0.3, -0.25) is 4.79 Å². The third-order valence-corrected chi connectivity index (χ3v) is 4.93. The number of aliphatic carboxylic acids is 1. The van der Waals surface area contributed by atoms with Crippen LogP contribution in [-0.4, -0.2) is 53.1 Å². The van der Waals surface area contributed by atoms with E-state index >= 15 is 0 Å². The van der Waals surface area contributed by atoms with Gasteiger partial charge in [-0.2, -0.15) is 0 Å². The molecule has 0 aromatic rings. The number of urea groups is 1. The fourth-order valence-corrected chi connectivity index (χ4v) is 3.32. The Labute approximate surface area is 120 Å². The molecule has 1 N–H and O–H groups in total. The van der Waals surface area contributed by atoms with Crippen molar-refractivity contribution in [1.82, 2.24) is 9.80 Å². The third-order valence-electron chi connectivity index (χ3n) is 4.93. The summed E-state index contributed by atoms with van der Waals surface area (Å²) < 4.78 is 0. The van der Waals surface area contributed by atoms with Crippen molar-refractivity contribution < 1.29 is 14.7 Å². The SMILES string of the molecule is CN(C(=O)N1CCC(C)(C(=O)O)C1)C1CCCCCC1. The monoisotopic (exact) mass is 282 g/mol. The topological polar surface area (TPSA) is 60.9 Å². The number of hydrogen-bond donors (Lipinski definition) is 1. The Hall–Kier alpha value is -1.26. The Kier molecular flexibility index (Phi) is 4.55. The standard InChI is InChI=1S/C15H26N2O3/c1-15(13(18)19)9-10-17(11-15)14(20)16(2)12-7-5-3-4-6-8-12/h12H,3-11H2,1-2H3,(H,18,19). The molecular formula is C15H26N2O3. The van der Waals surface area contributed by atoms with Crippen LogP contribution in [0.2, 0.25) is 0 Å². The Balaban J connectivity index is 1.95. The lowest BCUT2D eigenvalue weighted by molar-refractivity contribution is -0.147. The van der Waals surface area contributed by atoms with E-state index in [0.717, 1.165) is 12.8 Å². The smallest absolute Gasteiger partial charge is 0.320 e. The number of amides is 2. The van der Waals surface area contributed by atoms with E-state index in [1.165, 1.54) is 25.7 Å². The predicted octanol–water partition coefficient (Wildman–Crippen LogP) is 2.56. The second kappa shape index (κ2) is 6.02. The number of carbonyl (C=O) groups is 2. The summed E-state index contributed by atoms with van der Waals surface area (Å²) in [6.07, 6.45) is 7.61. The van der Waals surface area contributed by atoms with Crippen LogP contribution < -0.4 is 0 Å². The lowest BCUT2D eigenvalue weighted by atomic mass is 9.90. The molecule has 2 rings (SSSR count). The molecule has 5 nitrogen and oxygen atoms in total. The molecule has 1 aliphatic heterocycles. The molecule has 0 spiro atoms. The van der Waals surface area contributed by atoms with Crippen molar-refractivity contribution in [3.05, 3.63) is 0 Å². The van der Waals surface area contributed by atoms with Crippen LogP contribution >= 0.6 is 0 Å². The predicted molar refractivity (Wildman–Crippen MR) is 76.6 cm³/mol. The molecule has 1 atom stereocenters. The van der Waals surface area contributed by atoms with Gasteiger partial charge in [0.15, 0.2) is 0 Å². The number of nitrogens with zero attached hydrogens (tertiary/aromatic N) is 2. The number of rotatable bonds is 2. The van der Waals surface area contributed by atoms with Crippen molar-refractivity contribution in [3.63, 3.8) is 0 Å². The lowest BCUT2D eigenvalue weighted by Gasteiger charge is -2.31.